The second-order valence-electron chi connectivity index (χ2n) is 6.98. The lowest BCUT2D eigenvalue weighted by molar-refractivity contribution is 0.0482. The fourth-order valence-corrected chi connectivity index (χ4v) is 4.62. The summed E-state index contributed by atoms with van der Waals surface area (Å²) in [5.41, 5.74) is 1.69. The Balaban J connectivity index is 1.67. The van der Waals surface area contributed by atoms with E-state index in [0.717, 1.165) is 10.0 Å². The van der Waals surface area contributed by atoms with Crippen LogP contribution in [0.4, 0.5) is 0 Å². The molecule has 2 nitrogen and oxygen atoms in total. The van der Waals surface area contributed by atoms with Gasteiger partial charge >= 0.3 is 0 Å². The number of benzene rings is 1. The molecule has 1 saturated carbocycles. The lowest BCUT2D eigenvalue weighted by atomic mass is 9.68. The van der Waals surface area contributed by atoms with Crippen LogP contribution in [0, 0.1) is 5.41 Å². The monoisotopic (exact) mass is 351 g/mol. The molecule has 1 spiro atoms. The molecule has 0 amide bonds. The molecule has 1 saturated heterocycles. The summed E-state index contributed by atoms with van der Waals surface area (Å²) in [4.78, 5) is 2.54. The fourth-order valence-electron chi connectivity index (χ4n) is 4.24. The standard InChI is InChI=1S/C18H26BrNO/c1-14(16-13-15(19)5-6-17(16)21)20-11-9-18(10-12-20)7-3-2-4-8-18/h5-6,13-14,21H,2-4,7-12H2,1H3. The van der Waals surface area contributed by atoms with Crippen LogP contribution in [-0.2, 0) is 0 Å². The molecule has 3 rings (SSSR count). The molecule has 1 N–H and O–H groups in total. The predicted molar refractivity (Wildman–Crippen MR) is 90.5 cm³/mol. The van der Waals surface area contributed by atoms with Gasteiger partial charge in [0.15, 0.2) is 0 Å². The lowest BCUT2D eigenvalue weighted by Gasteiger charge is -2.46. The largest absolute Gasteiger partial charge is 0.508 e. The minimum Gasteiger partial charge on any atom is -0.508 e. The summed E-state index contributed by atoms with van der Waals surface area (Å²) in [5.74, 6) is 0.420. The Morgan fingerprint density at radius 3 is 2.43 bits per heavy atom. The highest BCUT2D eigenvalue weighted by Crippen LogP contribution is 2.46. The van der Waals surface area contributed by atoms with Gasteiger partial charge < -0.3 is 5.11 Å². The highest BCUT2D eigenvalue weighted by molar-refractivity contribution is 9.10. The molecule has 1 aromatic carbocycles. The third-order valence-electron chi connectivity index (χ3n) is 5.76. The van der Waals surface area contributed by atoms with E-state index in [1.165, 1.54) is 58.0 Å². The quantitative estimate of drug-likeness (QED) is 0.785. The summed E-state index contributed by atoms with van der Waals surface area (Å²) < 4.78 is 1.04. The van der Waals surface area contributed by atoms with Crippen LogP contribution < -0.4 is 0 Å². The summed E-state index contributed by atoms with van der Waals surface area (Å²) in [6.07, 6.45) is 9.87. The van der Waals surface area contributed by atoms with Crippen LogP contribution in [0.25, 0.3) is 0 Å². The van der Waals surface area contributed by atoms with E-state index < -0.39 is 0 Å². The smallest absolute Gasteiger partial charge is 0.120 e. The van der Waals surface area contributed by atoms with Gasteiger partial charge in [0.1, 0.15) is 5.75 Å². The summed E-state index contributed by atoms with van der Waals surface area (Å²) >= 11 is 3.52. The van der Waals surface area contributed by atoms with Crippen molar-refractivity contribution in [2.45, 2.75) is 57.9 Å². The minimum absolute atomic E-state index is 0.295. The molecule has 21 heavy (non-hydrogen) atoms. The molecule has 1 aliphatic heterocycles. The van der Waals surface area contributed by atoms with Gasteiger partial charge in [0, 0.05) is 16.1 Å². The van der Waals surface area contributed by atoms with Crippen molar-refractivity contribution in [2.75, 3.05) is 13.1 Å². The van der Waals surface area contributed by atoms with Crippen LogP contribution >= 0.6 is 15.9 Å². The molecule has 2 fully saturated rings. The number of halogens is 1. The number of likely N-dealkylation sites (tertiary alicyclic amines) is 1. The van der Waals surface area contributed by atoms with Crippen LogP contribution in [-0.4, -0.2) is 23.1 Å². The fraction of sp³-hybridized carbons (Fsp3) is 0.667. The number of hydrogen-bond donors (Lipinski definition) is 1. The number of piperidine rings is 1. The zero-order valence-corrected chi connectivity index (χ0v) is 14.5. The van der Waals surface area contributed by atoms with Crippen molar-refractivity contribution in [1.82, 2.24) is 4.90 Å². The molecule has 0 bridgehead atoms. The van der Waals surface area contributed by atoms with Gasteiger partial charge in [0.2, 0.25) is 0 Å². The first kappa shape index (κ1) is 15.4. The number of rotatable bonds is 2. The molecule has 1 aromatic rings. The van der Waals surface area contributed by atoms with Crippen molar-refractivity contribution in [3.8, 4) is 5.75 Å². The van der Waals surface area contributed by atoms with E-state index in [0.29, 0.717) is 17.2 Å². The van der Waals surface area contributed by atoms with Crippen LogP contribution in [0.1, 0.15) is 63.5 Å². The maximum absolute atomic E-state index is 10.1. The molecule has 0 radical (unpaired) electrons. The predicted octanol–water partition coefficient (Wildman–Crippen LogP) is 5.26. The van der Waals surface area contributed by atoms with Crippen molar-refractivity contribution in [2.24, 2.45) is 5.41 Å². The Hall–Kier alpha value is -0.540. The number of hydrogen-bond acceptors (Lipinski definition) is 2. The molecule has 3 heteroatoms. The molecule has 116 valence electrons. The maximum atomic E-state index is 10.1. The van der Waals surface area contributed by atoms with E-state index in [1.807, 2.05) is 6.07 Å². The Bertz CT molecular complexity index is 486. The van der Waals surface area contributed by atoms with Gasteiger partial charge in [-0.3, -0.25) is 4.90 Å². The third kappa shape index (κ3) is 3.29. The highest BCUT2D eigenvalue weighted by Gasteiger charge is 2.36. The van der Waals surface area contributed by atoms with E-state index in [4.69, 9.17) is 0 Å². The first-order valence-corrected chi connectivity index (χ1v) is 9.11. The third-order valence-corrected chi connectivity index (χ3v) is 6.25. The molecule has 2 aliphatic rings. The molecular formula is C18H26BrNO. The van der Waals surface area contributed by atoms with E-state index in [2.05, 4.69) is 33.8 Å². The first-order valence-electron chi connectivity index (χ1n) is 8.32. The second-order valence-corrected chi connectivity index (χ2v) is 7.89. The van der Waals surface area contributed by atoms with E-state index in [1.54, 1.807) is 6.07 Å². The van der Waals surface area contributed by atoms with Crippen molar-refractivity contribution in [1.29, 1.82) is 0 Å². The van der Waals surface area contributed by atoms with Crippen LogP contribution in [0.5, 0.6) is 5.75 Å². The van der Waals surface area contributed by atoms with Crippen molar-refractivity contribution in [3.63, 3.8) is 0 Å². The van der Waals surface area contributed by atoms with Gasteiger partial charge in [-0.15, -0.1) is 0 Å². The first-order chi connectivity index (χ1) is 10.1. The number of nitrogens with zero attached hydrogens (tertiary/aromatic N) is 1. The number of aromatic hydroxyl groups is 1. The van der Waals surface area contributed by atoms with Gasteiger partial charge in [-0.1, -0.05) is 35.2 Å². The van der Waals surface area contributed by atoms with Crippen molar-refractivity contribution >= 4 is 15.9 Å². The average Bonchev–Trinajstić information content (AvgIpc) is 2.51. The Morgan fingerprint density at radius 2 is 1.76 bits per heavy atom. The van der Waals surface area contributed by atoms with Gasteiger partial charge in [-0.2, -0.15) is 0 Å². The van der Waals surface area contributed by atoms with E-state index >= 15 is 0 Å². The van der Waals surface area contributed by atoms with Crippen molar-refractivity contribution in [3.05, 3.63) is 28.2 Å². The zero-order valence-electron chi connectivity index (χ0n) is 12.9. The molecule has 1 aliphatic carbocycles. The van der Waals surface area contributed by atoms with Crippen molar-refractivity contribution < 1.29 is 5.11 Å². The molecule has 1 atom stereocenters. The SMILES string of the molecule is CC(c1cc(Br)ccc1O)N1CCC2(CCCCC2)CC1. The minimum atomic E-state index is 0.295. The topological polar surface area (TPSA) is 23.5 Å². The zero-order chi connectivity index (χ0) is 14.9. The summed E-state index contributed by atoms with van der Waals surface area (Å²) in [5, 5.41) is 10.1. The van der Waals surface area contributed by atoms with Gasteiger partial charge in [0.25, 0.3) is 0 Å². The maximum Gasteiger partial charge on any atom is 0.120 e. The Labute approximate surface area is 136 Å². The Kier molecular flexibility index (Phi) is 4.60. The molecule has 0 aromatic heterocycles. The second kappa shape index (κ2) is 6.29. The van der Waals surface area contributed by atoms with Crippen LogP contribution in [0.15, 0.2) is 22.7 Å². The molecule has 1 unspecified atom stereocenters. The van der Waals surface area contributed by atoms with E-state index in [-0.39, 0.29) is 0 Å². The van der Waals surface area contributed by atoms with Gasteiger partial charge in [-0.25, -0.2) is 0 Å². The van der Waals surface area contributed by atoms with Crippen LogP contribution in [0.2, 0.25) is 0 Å². The van der Waals surface area contributed by atoms with Crippen LogP contribution in [0.3, 0.4) is 0 Å². The molecular weight excluding hydrogens is 326 g/mol. The number of phenolic OH excluding ortho intramolecular Hbond substituents is 1. The highest BCUT2D eigenvalue weighted by atomic mass is 79.9. The normalized spacial score (nSPS) is 24.1. The molecule has 1 heterocycles. The van der Waals surface area contributed by atoms with Gasteiger partial charge in [0.05, 0.1) is 0 Å². The summed E-state index contributed by atoms with van der Waals surface area (Å²) in [6.45, 7) is 4.57. The summed E-state index contributed by atoms with van der Waals surface area (Å²) in [7, 11) is 0. The Morgan fingerprint density at radius 1 is 1.10 bits per heavy atom. The lowest BCUT2D eigenvalue weighted by Crippen LogP contribution is -2.42. The number of phenols is 1. The summed E-state index contributed by atoms with van der Waals surface area (Å²) in [6, 6.07) is 6.05. The average molecular weight is 352 g/mol. The van der Waals surface area contributed by atoms with E-state index in [9.17, 15) is 5.11 Å². The van der Waals surface area contributed by atoms with Gasteiger partial charge in [-0.05, 0) is 69.3 Å².